The summed E-state index contributed by atoms with van der Waals surface area (Å²) in [5.74, 6) is 0. The second kappa shape index (κ2) is 3.37. The Labute approximate surface area is 84.7 Å². The minimum atomic E-state index is 0.0320. The van der Waals surface area contributed by atoms with Gasteiger partial charge in [0.05, 0.1) is 6.61 Å². The van der Waals surface area contributed by atoms with E-state index in [0.717, 1.165) is 12.8 Å². The van der Waals surface area contributed by atoms with Gasteiger partial charge < -0.3 is 10.8 Å². The lowest BCUT2D eigenvalue weighted by molar-refractivity contribution is 0.254. The average Bonchev–Trinajstić information content (AvgIpc) is 2.98. The second-order valence-electron chi connectivity index (χ2n) is 4.31. The quantitative estimate of drug-likeness (QED) is 0.764. The third kappa shape index (κ3) is 1.45. The summed E-state index contributed by atoms with van der Waals surface area (Å²) >= 11 is 0. The van der Waals surface area contributed by atoms with Gasteiger partial charge in [-0.2, -0.15) is 0 Å². The number of benzene rings is 1. The third-order valence-corrected chi connectivity index (χ3v) is 3.18. The van der Waals surface area contributed by atoms with E-state index in [1.165, 1.54) is 11.1 Å². The van der Waals surface area contributed by atoms with Gasteiger partial charge in [0.15, 0.2) is 0 Å². The van der Waals surface area contributed by atoms with E-state index in [0.29, 0.717) is 0 Å². The molecule has 2 heteroatoms. The van der Waals surface area contributed by atoms with Gasteiger partial charge in [-0.25, -0.2) is 0 Å². The predicted octanol–water partition coefficient (Wildman–Crippen LogP) is 1.73. The summed E-state index contributed by atoms with van der Waals surface area (Å²) in [5, 5.41) is 9.38. The fraction of sp³-hybridized carbons (Fsp3) is 0.500. The zero-order chi connectivity index (χ0) is 10.2. The van der Waals surface area contributed by atoms with Crippen LogP contribution in [0.3, 0.4) is 0 Å². The molecule has 1 unspecified atom stereocenters. The zero-order valence-electron chi connectivity index (χ0n) is 8.53. The van der Waals surface area contributed by atoms with Crippen LogP contribution in [0, 0.1) is 0 Å². The first-order valence-corrected chi connectivity index (χ1v) is 5.15. The molecule has 1 aromatic carbocycles. The van der Waals surface area contributed by atoms with Gasteiger partial charge >= 0.3 is 0 Å². The Morgan fingerprint density at radius 1 is 1.43 bits per heavy atom. The van der Waals surface area contributed by atoms with Crippen molar-refractivity contribution in [1.29, 1.82) is 0 Å². The summed E-state index contributed by atoms with van der Waals surface area (Å²) in [5.41, 5.74) is 8.37. The van der Waals surface area contributed by atoms with Gasteiger partial charge in [0.25, 0.3) is 0 Å². The Morgan fingerprint density at radius 3 is 2.57 bits per heavy atom. The fourth-order valence-electron chi connectivity index (χ4n) is 2.04. The van der Waals surface area contributed by atoms with Crippen molar-refractivity contribution in [2.45, 2.75) is 31.2 Å². The van der Waals surface area contributed by atoms with Crippen LogP contribution in [-0.4, -0.2) is 11.7 Å². The average molecular weight is 191 g/mol. The Balaban J connectivity index is 2.42. The van der Waals surface area contributed by atoms with Crippen LogP contribution in [0.5, 0.6) is 0 Å². The Kier molecular flexibility index (Phi) is 2.33. The fourth-order valence-corrected chi connectivity index (χ4v) is 2.04. The molecule has 3 N–H and O–H groups in total. The van der Waals surface area contributed by atoms with Crippen molar-refractivity contribution in [3.05, 3.63) is 35.4 Å². The van der Waals surface area contributed by atoms with Crippen LogP contribution in [0.4, 0.5) is 0 Å². The van der Waals surface area contributed by atoms with Gasteiger partial charge in [-0.15, -0.1) is 0 Å². The molecule has 1 saturated carbocycles. The molecule has 0 aromatic heterocycles. The maximum Gasteiger partial charge on any atom is 0.0528 e. The lowest BCUT2D eigenvalue weighted by Crippen LogP contribution is -2.18. The molecule has 0 spiro atoms. The van der Waals surface area contributed by atoms with Crippen LogP contribution in [0.2, 0.25) is 0 Å². The van der Waals surface area contributed by atoms with Crippen LogP contribution in [0.1, 0.15) is 36.9 Å². The monoisotopic (exact) mass is 191 g/mol. The van der Waals surface area contributed by atoms with E-state index in [1.807, 2.05) is 19.1 Å². The highest BCUT2D eigenvalue weighted by Gasteiger charge is 2.44. The van der Waals surface area contributed by atoms with Gasteiger partial charge in [0.1, 0.15) is 0 Å². The van der Waals surface area contributed by atoms with Crippen LogP contribution in [0.15, 0.2) is 24.3 Å². The molecule has 0 aliphatic heterocycles. The molecule has 0 amide bonds. The predicted molar refractivity (Wildman–Crippen MR) is 57.0 cm³/mol. The van der Waals surface area contributed by atoms with Gasteiger partial charge in [-0.1, -0.05) is 24.3 Å². The molecule has 2 rings (SSSR count). The minimum Gasteiger partial charge on any atom is -0.395 e. The maximum absolute atomic E-state index is 9.38. The Bertz CT molecular complexity index is 329. The normalized spacial score (nSPS) is 20.5. The molecule has 0 radical (unpaired) electrons. The van der Waals surface area contributed by atoms with E-state index < -0.39 is 0 Å². The first-order valence-electron chi connectivity index (χ1n) is 5.15. The minimum absolute atomic E-state index is 0.0320. The standard InChI is InChI=1S/C12H17NO/c1-9(13)10-4-2-3-5-11(10)12(8-14)6-7-12/h2-5,9,14H,6-8,13H2,1H3. The van der Waals surface area contributed by atoms with E-state index in [2.05, 4.69) is 12.1 Å². The second-order valence-corrected chi connectivity index (χ2v) is 4.31. The molecule has 0 saturated heterocycles. The molecule has 1 aliphatic rings. The van der Waals surface area contributed by atoms with Crippen molar-refractivity contribution in [2.75, 3.05) is 6.61 Å². The molecule has 1 fully saturated rings. The number of hydrogen-bond donors (Lipinski definition) is 2. The SMILES string of the molecule is CC(N)c1ccccc1C1(CO)CC1. The first-order chi connectivity index (χ1) is 6.69. The molecule has 76 valence electrons. The molecule has 1 aliphatic carbocycles. The van der Waals surface area contributed by atoms with Crippen molar-refractivity contribution < 1.29 is 5.11 Å². The number of rotatable bonds is 3. The molecule has 2 nitrogen and oxygen atoms in total. The van der Waals surface area contributed by atoms with Crippen molar-refractivity contribution in [1.82, 2.24) is 0 Å². The summed E-state index contributed by atoms with van der Waals surface area (Å²) in [6.45, 7) is 2.24. The molecular formula is C12H17NO. The van der Waals surface area contributed by atoms with E-state index >= 15 is 0 Å². The lowest BCUT2D eigenvalue weighted by atomic mass is 9.89. The molecule has 1 atom stereocenters. The van der Waals surface area contributed by atoms with Crippen LogP contribution >= 0.6 is 0 Å². The van der Waals surface area contributed by atoms with Crippen LogP contribution in [-0.2, 0) is 5.41 Å². The van der Waals surface area contributed by atoms with Crippen molar-refractivity contribution >= 4 is 0 Å². The summed E-state index contributed by atoms with van der Waals surface area (Å²) in [4.78, 5) is 0. The van der Waals surface area contributed by atoms with Gasteiger partial charge in [0, 0.05) is 11.5 Å². The number of aliphatic hydroxyl groups is 1. The van der Waals surface area contributed by atoms with Crippen molar-refractivity contribution in [3.63, 3.8) is 0 Å². The molecule has 1 aromatic rings. The molecule has 14 heavy (non-hydrogen) atoms. The molecule has 0 bridgehead atoms. The van der Waals surface area contributed by atoms with Crippen LogP contribution in [0.25, 0.3) is 0 Å². The highest BCUT2D eigenvalue weighted by molar-refractivity contribution is 5.40. The highest BCUT2D eigenvalue weighted by Crippen LogP contribution is 2.49. The topological polar surface area (TPSA) is 46.2 Å². The molecule has 0 heterocycles. The number of hydrogen-bond acceptors (Lipinski definition) is 2. The summed E-state index contributed by atoms with van der Waals surface area (Å²) in [7, 11) is 0. The largest absolute Gasteiger partial charge is 0.395 e. The summed E-state index contributed by atoms with van der Waals surface area (Å²) < 4.78 is 0. The zero-order valence-corrected chi connectivity index (χ0v) is 8.53. The van der Waals surface area contributed by atoms with Gasteiger partial charge in [-0.3, -0.25) is 0 Å². The smallest absolute Gasteiger partial charge is 0.0528 e. The van der Waals surface area contributed by atoms with E-state index in [9.17, 15) is 5.11 Å². The first kappa shape index (κ1) is 9.69. The Hall–Kier alpha value is -0.860. The van der Waals surface area contributed by atoms with Crippen molar-refractivity contribution in [2.24, 2.45) is 5.73 Å². The lowest BCUT2D eigenvalue weighted by Gasteiger charge is -2.19. The van der Waals surface area contributed by atoms with E-state index in [-0.39, 0.29) is 18.1 Å². The maximum atomic E-state index is 9.38. The highest BCUT2D eigenvalue weighted by atomic mass is 16.3. The van der Waals surface area contributed by atoms with E-state index in [4.69, 9.17) is 5.73 Å². The van der Waals surface area contributed by atoms with Gasteiger partial charge in [-0.05, 0) is 30.9 Å². The number of nitrogens with two attached hydrogens (primary N) is 1. The Morgan fingerprint density at radius 2 is 2.07 bits per heavy atom. The summed E-state index contributed by atoms with van der Waals surface area (Å²) in [6.07, 6.45) is 2.18. The van der Waals surface area contributed by atoms with Crippen LogP contribution < -0.4 is 5.73 Å². The van der Waals surface area contributed by atoms with Gasteiger partial charge in [0.2, 0.25) is 0 Å². The molecular weight excluding hydrogens is 174 g/mol. The third-order valence-electron chi connectivity index (χ3n) is 3.18. The summed E-state index contributed by atoms with van der Waals surface area (Å²) in [6, 6.07) is 8.25. The number of aliphatic hydroxyl groups excluding tert-OH is 1. The van der Waals surface area contributed by atoms with E-state index in [1.54, 1.807) is 0 Å². The van der Waals surface area contributed by atoms with Crippen molar-refractivity contribution in [3.8, 4) is 0 Å².